The van der Waals surface area contributed by atoms with Gasteiger partial charge in [-0.1, -0.05) is 55.9 Å². The third-order valence-corrected chi connectivity index (χ3v) is 4.66. The zero-order valence-corrected chi connectivity index (χ0v) is 11.4. The summed E-state index contributed by atoms with van der Waals surface area (Å²) in [6.45, 7) is 5.27. The molecule has 0 atom stereocenters. The molecule has 17 heavy (non-hydrogen) atoms. The van der Waals surface area contributed by atoms with Crippen LogP contribution in [0.2, 0.25) is 0 Å². The lowest BCUT2D eigenvalue weighted by Crippen LogP contribution is -2.42. The number of aliphatic imine (C=N–C) groups is 1. The van der Waals surface area contributed by atoms with Crippen molar-refractivity contribution >= 4 is 16.9 Å². The first kappa shape index (κ1) is 12.5. The van der Waals surface area contributed by atoms with Gasteiger partial charge >= 0.3 is 0 Å². The van der Waals surface area contributed by atoms with Gasteiger partial charge in [0.1, 0.15) is 0 Å². The predicted octanol–water partition coefficient (Wildman–Crippen LogP) is 3.44. The minimum atomic E-state index is 0.278. The van der Waals surface area contributed by atoms with Gasteiger partial charge in [0.25, 0.3) is 0 Å². The van der Waals surface area contributed by atoms with Crippen LogP contribution in [0.25, 0.3) is 0 Å². The van der Waals surface area contributed by atoms with E-state index in [1.807, 2.05) is 17.8 Å². The Morgan fingerprint density at radius 3 is 2.53 bits per heavy atom. The van der Waals surface area contributed by atoms with E-state index in [4.69, 9.17) is 0 Å². The Labute approximate surface area is 108 Å². The predicted molar refractivity (Wildman–Crippen MR) is 76.5 cm³/mol. The van der Waals surface area contributed by atoms with Gasteiger partial charge in [-0.3, -0.25) is 4.99 Å². The SMILES string of the molecule is CCC1(CC)CSC(=NCc2ccccc2)N1. The number of rotatable bonds is 4. The van der Waals surface area contributed by atoms with E-state index in [0.717, 1.165) is 17.5 Å². The van der Waals surface area contributed by atoms with E-state index in [1.54, 1.807) is 0 Å². The third-order valence-electron chi connectivity index (χ3n) is 3.46. The molecule has 0 radical (unpaired) electrons. The van der Waals surface area contributed by atoms with E-state index in [-0.39, 0.29) is 5.54 Å². The molecular weight excluding hydrogens is 228 g/mol. The van der Waals surface area contributed by atoms with Crippen molar-refractivity contribution in [2.24, 2.45) is 4.99 Å². The van der Waals surface area contributed by atoms with Crippen LogP contribution in [-0.4, -0.2) is 16.5 Å². The van der Waals surface area contributed by atoms with Crippen molar-refractivity contribution in [1.82, 2.24) is 5.32 Å². The molecule has 1 aromatic rings. The molecule has 1 fully saturated rings. The maximum Gasteiger partial charge on any atom is 0.157 e. The highest BCUT2D eigenvalue weighted by Crippen LogP contribution is 2.29. The maximum atomic E-state index is 4.65. The van der Waals surface area contributed by atoms with Crippen molar-refractivity contribution in [2.75, 3.05) is 5.75 Å². The molecule has 0 spiro atoms. The number of nitrogens with one attached hydrogen (secondary N) is 1. The van der Waals surface area contributed by atoms with Crippen molar-refractivity contribution in [3.05, 3.63) is 35.9 Å². The van der Waals surface area contributed by atoms with Gasteiger partial charge < -0.3 is 5.32 Å². The highest BCUT2D eigenvalue weighted by atomic mass is 32.2. The summed E-state index contributed by atoms with van der Waals surface area (Å²) in [4.78, 5) is 4.65. The van der Waals surface area contributed by atoms with E-state index >= 15 is 0 Å². The number of benzene rings is 1. The normalized spacial score (nSPS) is 20.5. The minimum Gasteiger partial charge on any atom is -0.359 e. The number of hydrogen-bond donors (Lipinski definition) is 1. The molecule has 0 unspecified atom stereocenters. The van der Waals surface area contributed by atoms with Gasteiger partial charge in [-0.2, -0.15) is 0 Å². The average molecular weight is 248 g/mol. The van der Waals surface area contributed by atoms with Crippen LogP contribution in [0, 0.1) is 0 Å². The average Bonchev–Trinajstić information content (AvgIpc) is 2.82. The van der Waals surface area contributed by atoms with Crippen LogP contribution in [0.1, 0.15) is 32.3 Å². The Balaban J connectivity index is 1.97. The van der Waals surface area contributed by atoms with Crippen molar-refractivity contribution < 1.29 is 0 Å². The monoisotopic (exact) mass is 248 g/mol. The Bertz CT molecular complexity index is 382. The van der Waals surface area contributed by atoms with Gasteiger partial charge in [-0.15, -0.1) is 0 Å². The molecule has 0 amide bonds. The maximum absolute atomic E-state index is 4.65. The van der Waals surface area contributed by atoms with E-state index in [1.165, 1.54) is 18.4 Å². The fraction of sp³-hybridized carbons (Fsp3) is 0.500. The summed E-state index contributed by atoms with van der Waals surface area (Å²) in [6.07, 6.45) is 2.34. The highest BCUT2D eigenvalue weighted by Gasteiger charge is 2.33. The number of amidine groups is 1. The summed E-state index contributed by atoms with van der Waals surface area (Å²) in [5.74, 6) is 1.15. The zero-order valence-electron chi connectivity index (χ0n) is 10.6. The molecule has 1 aliphatic rings. The van der Waals surface area contributed by atoms with Gasteiger partial charge in [0.2, 0.25) is 0 Å². The standard InChI is InChI=1S/C14H20N2S/c1-3-14(4-2)11-17-13(16-14)15-10-12-8-6-5-7-9-12/h5-9H,3-4,10-11H2,1-2H3,(H,15,16). The highest BCUT2D eigenvalue weighted by molar-refractivity contribution is 8.14. The van der Waals surface area contributed by atoms with Crippen LogP contribution in [0.15, 0.2) is 35.3 Å². The fourth-order valence-electron chi connectivity index (χ4n) is 1.97. The molecule has 0 aromatic heterocycles. The third kappa shape index (κ3) is 3.03. The fourth-order valence-corrected chi connectivity index (χ4v) is 3.31. The molecular formula is C14H20N2S. The van der Waals surface area contributed by atoms with E-state index in [2.05, 4.69) is 48.4 Å². The first-order valence-electron chi connectivity index (χ1n) is 6.27. The molecule has 0 bridgehead atoms. The van der Waals surface area contributed by atoms with Crippen LogP contribution in [0.4, 0.5) is 0 Å². The molecule has 1 N–H and O–H groups in total. The van der Waals surface area contributed by atoms with Crippen LogP contribution < -0.4 is 5.32 Å². The summed E-state index contributed by atoms with van der Waals surface area (Å²) >= 11 is 1.86. The molecule has 1 saturated heterocycles. The first-order chi connectivity index (χ1) is 8.28. The zero-order chi connectivity index (χ0) is 12.1. The Morgan fingerprint density at radius 2 is 1.94 bits per heavy atom. The molecule has 92 valence electrons. The number of nitrogens with zero attached hydrogens (tertiary/aromatic N) is 1. The molecule has 2 rings (SSSR count). The van der Waals surface area contributed by atoms with Crippen molar-refractivity contribution in [1.29, 1.82) is 0 Å². The van der Waals surface area contributed by atoms with Crippen LogP contribution in [0.5, 0.6) is 0 Å². The van der Waals surface area contributed by atoms with E-state index < -0.39 is 0 Å². The minimum absolute atomic E-state index is 0.278. The first-order valence-corrected chi connectivity index (χ1v) is 7.26. The summed E-state index contributed by atoms with van der Waals surface area (Å²) < 4.78 is 0. The van der Waals surface area contributed by atoms with Gasteiger partial charge in [-0.25, -0.2) is 0 Å². The Morgan fingerprint density at radius 1 is 1.24 bits per heavy atom. The topological polar surface area (TPSA) is 24.4 Å². The molecule has 1 heterocycles. The number of thioether (sulfide) groups is 1. The van der Waals surface area contributed by atoms with E-state index in [9.17, 15) is 0 Å². The van der Waals surface area contributed by atoms with Crippen molar-refractivity contribution in [2.45, 2.75) is 38.8 Å². The summed E-state index contributed by atoms with van der Waals surface area (Å²) in [7, 11) is 0. The summed E-state index contributed by atoms with van der Waals surface area (Å²) in [6, 6.07) is 10.4. The Hall–Kier alpha value is -0.960. The van der Waals surface area contributed by atoms with Gasteiger partial charge in [0.05, 0.1) is 6.54 Å². The molecule has 0 aliphatic carbocycles. The second kappa shape index (κ2) is 5.58. The van der Waals surface area contributed by atoms with Crippen molar-refractivity contribution in [3.63, 3.8) is 0 Å². The molecule has 0 saturated carbocycles. The lowest BCUT2D eigenvalue weighted by Gasteiger charge is -2.25. The van der Waals surface area contributed by atoms with Crippen LogP contribution in [-0.2, 0) is 6.54 Å². The van der Waals surface area contributed by atoms with Gasteiger partial charge in [0.15, 0.2) is 5.17 Å². The quantitative estimate of drug-likeness (QED) is 0.882. The molecule has 3 heteroatoms. The summed E-state index contributed by atoms with van der Waals surface area (Å²) in [5, 5.41) is 4.70. The largest absolute Gasteiger partial charge is 0.359 e. The lowest BCUT2D eigenvalue weighted by molar-refractivity contribution is 0.407. The second-order valence-electron chi connectivity index (χ2n) is 4.51. The van der Waals surface area contributed by atoms with Crippen molar-refractivity contribution in [3.8, 4) is 0 Å². The van der Waals surface area contributed by atoms with Crippen LogP contribution in [0.3, 0.4) is 0 Å². The van der Waals surface area contributed by atoms with Gasteiger partial charge in [0, 0.05) is 11.3 Å². The summed E-state index contributed by atoms with van der Waals surface area (Å²) in [5.41, 5.74) is 1.55. The second-order valence-corrected chi connectivity index (χ2v) is 5.47. The lowest BCUT2D eigenvalue weighted by atomic mass is 9.96. The smallest absolute Gasteiger partial charge is 0.157 e. The van der Waals surface area contributed by atoms with E-state index in [0.29, 0.717) is 0 Å². The molecule has 2 nitrogen and oxygen atoms in total. The number of hydrogen-bond acceptors (Lipinski definition) is 2. The van der Waals surface area contributed by atoms with Crippen LogP contribution >= 0.6 is 11.8 Å². The van der Waals surface area contributed by atoms with Gasteiger partial charge in [-0.05, 0) is 18.4 Å². The molecule has 1 aromatic carbocycles. The molecule has 1 aliphatic heterocycles. The Kier molecular flexibility index (Phi) is 4.11.